The van der Waals surface area contributed by atoms with Gasteiger partial charge in [0, 0.05) is 31.6 Å². The molecule has 1 heterocycles. The van der Waals surface area contributed by atoms with Gasteiger partial charge in [-0.15, -0.1) is 13.2 Å². The van der Waals surface area contributed by atoms with Gasteiger partial charge >= 0.3 is 17.9 Å². The molecule has 454 valence electrons. The molecule has 0 radical (unpaired) electrons. The van der Waals surface area contributed by atoms with Crippen LogP contribution in [-0.2, 0) is 57.8 Å². The molecule has 2 bridgehead atoms. The van der Waals surface area contributed by atoms with Crippen molar-refractivity contribution in [2.24, 2.45) is 16.7 Å². The van der Waals surface area contributed by atoms with Gasteiger partial charge in [-0.2, -0.15) is 0 Å². The first-order valence-electron chi connectivity index (χ1n) is 30.3. The normalized spacial score (nSPS) is 27.9. The second-order valence-electron chi connectivity index (χ2n) is 26.0. The van der Waals surface area contributed by atoms with E-state index in [0.29, 0.717) is 54.1 Å². The van der Waals surface area contributed by atoms with E-state index < -0.39 is 119 Å². The predicted molar refractivity (Wildman–Crippen MR) is 329 cm³/mol. The van der Waals surface area contributed by atoms with Crippen molar-refractivity contribution in [2.45, 2.75) is 244 Å². The highest BCUT2D eigenvalue weighted by Crippen LogP contribution is 2.65. The molecule has 0 aromatic heterocycles. The fourth-order valence-electron chi connectivity index (χ4n) is 13.5. The molecule has 2 aromatic rings. The Hall–Kier alpha value is -4.34. The third-order valence-corrected chi connectivity index (χ3v) is 34.1. The zero-order valence-electron chi connectivity index (χ0n) is 52.4. The molecule has 4 aliphatic rings. The van der Waals surface area contributed by atoms with Crippen LogP contribution >= 0.6 is 0 Å². The number of ketones is 1. The number of amides is 1. The van der Waals surface area contributed by atoms with Crippen LogP contribution in [0.1, 0.15) is 157 Å². The van der Waals surface area contributed by atoms with Crippen LogP contribution in [0.2, 0.25) is 54.4 Å². The first-order valence-corrected chi connectivity index (χ1v) is 38.3. The fourth-order valence-corrected chi connectivity index (χ4v) is 20.4. The smallest absolute Gasteiger partial charge is 0.338 e. The van der Waals surface area contributed by atoms with Crippen molar-refractivity contribution in [1.29, 1.82) is 0 Å². The Balaban J connectivity index is 1.71. The lowest BCUT2D eigenvalue weighted by atomic mass is 9.44. The van der Waals surface area contributed by atoms with Crippen LogP contribution in [0.4, 0.5) is 0 Å². The number of nitrogens with one attached hydrogen (secondary N) is 1. The van der Waals surface area contributed by atoms with Gasteiger partial charge in [0.2, 0.25) is 5.91 Å². The van der Waals surface area contributed by atoms with Gasteiger partial charge in [-0.05, 0) is 122 Å². The summed E-state index contributed by atoms with van der Waals surface area (Å²) in [5, 5.41) is 17.6. The van der Waals surface area contributed by atoms with Crippen LogP contribution in [-0.4, -0.2) is 114 Å². The Labute approximate surface area is 493 Å². The summed E-state index contributed by atoms with van der Waals surface area (Å²) in [5.41, 5.74) is -4.38. The highest BCUT2D eigenvalue weighted by molar-refractivity contribution is 6.74. The highest BCUT2D eigenvalue weighted by atomic mass is 28.4. The topological polar surface area (TPSA) is 182 Å². The lowest BCUT2D eigenvalue weighted by molar-refractivity contribution is -0.344. The Morgan fingerprint density at radius 2 is 1.44 bits per heavy atom. The van der Waals surface area contributed by atoms with Gasteiger partial charge in [0.05, 0.1) is 35.6 Å². The Morgan fingerprint density at radius 1 is 0.854 bits per heavy atom. The van der Waals surface area contributed by atoms with E-state index in [0.717, 1.165) is 23.7 Å². The van der Waals surface area contributed by atoms with Gasteiger partial charge < -0.3 is 42.6 Å². The van der Waals surface area contributed by atoms with Gasteiger partial charge in [0.1, 0.15) is 30.0 Å². The maximum absolute atomic E-state index is 17.3. The minimum absolute atomic E-state index is 0.161. The molecule has 3 fully saturated rings. The molecular formula is C65H99NO13Si3. The van der Waals surface area contributed by atoms with Crippen LogP contribution in [0.5, 0.6) is 0 Å². The number of allylic oxidation sites excluding steroid dienone is 2. The zero-order valence-corrected chi connectivity index (χ0v) is 55.4. The van der Waals surface area contributed by atoms with Crippen LogP contribution < -0.4 is 5.32 Å². The molecule has 0 spiro atoms. The van der Waals surface area contributed by atoms with Crippen LogP contribution in [0, 0.1) is 16.7 Å². The lowest BCUT2D eigenvalue weighted by Gasteiger charge is -2.68. The van der Waals surface area contributed by atoms with Gasteiger partial charge in [-0.25, -0.2) is 9.59 Å². The summed E-state index contributed by atoms with van der Waals surface area (Å²) in [4.78, 5) is 76.4. The molecule has 1 saturated heterocycles. The van der Waals surface area contributed by atoms with E-state index in [1.807, 2.05) is 83.3 Å². The molecule has 2 aromatic carbocycles. The number of hydrogen-bond donors (Lipinski definition) is 2. The average molecular weight is 1190 g/mol. The molecule has 11 atom stereocenters. The van der Waals surface area contributed by atoms with Gasteiger partial charge in [0.15, 0.2) is 42.4 Å². The summed E-state index contributed by atoms with van der Waals surface area (Å²) in [6, 6.07) is 19.4. The number of rotatable bonds is 26. The third-order valence-electron chi connectivity index (χ3n) is 20.4. The van der Waals surface area contributed by atoms with Gasteiger partial charge in [0.25, 0.3) is 0 Å². The molecule has 0 unspecified atom stereocenters. The monoisotopic (exact) mass is 1190 g/mol. The number of fused-ring (bicyclic) bond motifs is 5. The summed E-state index contributed by atoms with van der Waals surface area (Å²) in [6.07, 6.45) is -2.10. The molecule has 1 aliphatic heterocycles. The number of carbonyl (C=O) groups excluding carboxylic acids is 5. The maximum Gasteiger partial charge on any atom is 0.338 e. The summed E-state index contributed by atoms with van der Waals surface area (Å²) in [6.45, 7) is 39.2. The first kappa shape index (κ1) is 66.8. The van der Waals surface area contributed by atoms with Crippen molar-refractivity contribution >= 4 is 54.6 Å². The van der Waals surface area contributed by atoms with Crippen molar-refractivity contribution in [3.63, 3.8) is 0 Å². The number of hydrogen-bond acceptors (Lipinski definition) is 13. The molecule has 17 heteroatoms. The van der Waals surface area contributed by atoms with E-state index >= 15 is 14.4 Å². The highest BCUT2D eigenvalue weighted by Gasteiger charge is 2.79. The van der Waals surface area contributed by atoms with Crippen molar-refractivity contribution in [3.8, 4) is 0 Å². The molecule has 3 aliphatic carbocycles. The standard InChI is InChI=1S/C65H99NO13Si3/c1-19-27-29-35-51(68)66-53(46-33-30-28-31-34-46)55(78-80(17,18)61(11,12)13)60(71)74-48-41-65(72)58(75-59(70)47-38-36-45(32-20-2)37-39-47)56-63(16,57(69)54(52(43(48)9)62(65,14)15)79-82(24-6,25-7)26-8)49(77-81(21-3,22-4)23-5)40-50-64(56,42-73-50)76-44(10)67/h19-20,28,30-31,33-34,36-39,48-50,53-56,58,72H,1-2,21-27,29,32,35,40-42H2,3-18H3,(H,66,68)/t48-,49-,50+,53-,54+,55+,56-,58-,63+,64-,65+/m0/s1. The minimum atomic E-state index is -2.90. The summed E-state index contributed by atoms with van der Waals surface area (Å²) in [5.74, 6) is -4.18. The van der Waals surface area contributed by atoms with Crippen molar-refractivity contribution in [2.75, 3.05) is 6.61 Å². The largest absolute Gasteiger partial charge is 0.456 e. The second kappa shape index (κ2) is 26.1. The van der Waals surface area contributed by atoms with Crippen LogP contribution in [0.15, 0.2) is 91.1 Å². The number of unbranched alkanes of at least 4 members (excludes halogenated alkanes) is 1. The van der Waals surface area contributed by atoms with E-state index in [4.69, 9.17) is 32.2 Å². The van der Waals surface area contributed by atoms with E-state index in [1.54, 1.807) is 24.3 Å². The van der Waals surface area contributed by atoms with Crippen LogP contribution in [0.25, 0.3) is 0 Å². The number of carbonyl (C=O) groups is 5. The number of Topliss-reactive ketones (excluding diaryl/α,β-unsaturated/α-hetero) is 1. The number of benzene rings is 2. The molecule has 1 amide bonds. The maximum atomic E-state index is 17.3. The van der Waals surface area contributed by atoms with E-state index in [2.05, 4.69) is 80.8 Å². The van der Waals surface area contributed by atoms with Crippen molar-refractivity contribution in [3.05, 3.63) is 108 Å². The molecule has 2 saturated carbocycles. The zero-order chi connectivity index (χ0) is 61.0. The molecule has 6 rings (SSSR count). The van der Waals surface area contributed by atoms with Crippen molar-refractivity contribution in [1.82, 2.24) is 5.32 Å². The first-order chi connectivity index (χ1) is 38.4. The second-order valence-corrected chi connectivity index (χ2v) is 40.2. The summed E-state index contributed by atoms with van der Waals surface area (Å²) in [7, 11) is -8.35. The van der Waals surface area contributed by atoms with Gasteiger partial charge in [-0.1, -0.05) is 131 Å². The SMILES string of the molecule is C=CCCCC(=O)N[C@@H](c1ccccc1)[C@@H](O[Si](C)(C)C(C)(C)C)C(=O)O[C@H]1C[C@@]2(O)[C@@H](OC(=O)c3ccc(CC=C)cc3)[C@@H]3[C@]4(OC(C)=O)CO[C@@H]4C[C@H](O[Si](CC)(CC)CC)[C@@]3(C)C(=O)[C@H](O[Si](CC)(CC)CC)C(=C1C)C2(C)C. The van der Waals surface area contributed by atoms with E-state index in [1.165, 1.54) is 6.92 Å². The average Bonchev–Trinajstić information content (AvgIpc) is 0.905. The number of aliphatic hydroxyl groups is 1. The minimum Gasteiger partial charge on any atom is -0.456 e. The Morgan fingerprint density at radius 3 is 1.95 bits per heavy atom. The third kappa shape index (κ3) is 12.6. The van der Waals surface area contributed by atoms with E-state index in [9.17, 15) is 14.7 Å². The molecular weight excluding hydrogens is 1090 g/mol. The number of ether oxygens (including phenoxy) is 4. The Bertz CT molecular complexity index is 2640. The molecule has 2 N–H and O–H groups in total. The summed E-state index contributed by atoms with van der Waals surface area (Å²) >= 11 is 0. The molecule has 14 nitrogen and oxygen atoms in total. The predicted octanol–water partition coefficient (Wildman–Crippen LogP) is 13.0. The van der Waals surface area contributed by atoms with Crippen LogP contribution in [0.3, 0.4) is 0 Å². The lowest BCUT2D eigenvalue weighted by Crippen LogP contribution is -2.82. The summed E-state index contributed by atoms with van der Waals surface area (Å²) < 4.78 is 49.5. The quantitative estimate of drug-likeness (QED) is 0.0299. The van der Waals surface area contributed by atoms with Crippen molar-refractivity contribution < 1.29 is 61.3 Å². The molecule has 82 heavy (non-hydrogen) atoms. The van der Waals surface area contributed by atoms with Gasteiger partial charge in [-0.3, -0.25) is 14.4 Å². The van der Waals surface area contributed by atoms with E-state index in [-0.39, 0.29) is 43.1 Å². The fraction of sp³-hybridized carbons (Fsp3) is 0.646. The number of esters is 3. The Kier molecular flexibility index (Phi) is 21.3.